The van der Waals surface area contributed by atoms with Crippen LogP contribution in [0.25, 0.3) is 0 Å². The smallest absolute Gasteiger partial charge is 0.0850 e. The number of hydrogen-bond donors (Lipinski definition) is 1. The van der Waals surface area contributed by atoms with Crippen molar-refractivity contribution in [3.05, 3.63) is 16.4 Å². The predicted molar refractivity (Wildman–Crippen MR) is 78.5 cm³/mol. The van der Waals surface area contributed by atoms with Crippen LogP contribution in [0.15, 0.2) is 0 Å². The molecule has 1 saturated carbocycles. The van der Waals surface area contributed by atoms with Crippen LogP contribution in [0, 0.1) is 5.92 Å². The Morgan fingerprint density at radius 3 is 2.63 bits per heavy atom. The molecule has 4 heteroatoms. The zero-order chi connectivity index (χ0) is 13.8. The molecule has 1 unspecified atom stereocenters. The first-order chi connectivity index (χ1) is 9.11. The second kappa shape index (κ2) is 6.76. The number of hydrogen-bond acceptors (Lipinski definition) is 2. The average molecular weight is 285 g/mol. The molecule has 1 N–H and O–H groups in total. The van der Waals surface area contributed by atoms with E-state index in [2.05, 4.69) is 12.0 Å². The standard InChI is InChI=1S/C15H25ClN2O/c1-3-13-15(16)14(18(2)17-13)10-12(19)9-11-7-5-4-6-8-11/h11-12,19H,3-10H2,1-2H3. The Bertz CT molecular complexity index is 411. The summed E-state index contributed by atoms with van der Waals surface area (Å²) < 4.78 is 1.82. The van der Waals surface area contributed by atoms with Gasteiger partial charge in [0.15, 0.2) is 0 Å². The van der Waals surface area contributed by atoms with Crippen molar-refractivity contribution in [2.45, 2.75) is 64.4 Å². The van der Waals surface area contributed by atoms with Crippen molar-refractivity contribution < 1.29 is 5.11 Å². The van der Waals surface area contributed by atoms with Crippen molar-refractivity contribution in [3.8, 4) is 0 Å². The van der Waals surface area contributed by atoms with Crippen molar-refractivity contribution in [1.29, 1.82) is 0 Å². The minimum absolute atomic E-state index is 0.291. The van der Waals surface area contributed by atoms with Crippen LogP contribution >= 0.6 is 11.6 Å². The summed E-state index contributed by atoms with van der Waals surface area (Å²) in [4.78, 5) is 0. The van der Waals surface area contributed by atoms with Gasteiger partial charge in [-0.2, -0.15) is 5.10 Å². The topological polar surface area (TPSA) is 38.0 Å². The van der Waals surface area contributed by atoms with Gasteiger partial charge in [-0.1, -0.05) is 50.6 Å². The molecule has 0 spiro atoms. The highest BCUT2D eigenvalue weighted by Crippen LogP contribution is 2.29. The Labute approximate surface area is 121 Å². The Morgan fingerprint density at radius 2 is 2.05 bits per heavy atom. The van der Waals surface area contributed by atoms with Gasteiger partial charge in [-0.25, -0.2) is 0 Å². The van der Waals surface area contributed by atoms with Gasteiger partial charge in [0.25, 0.3) is 0 Å². The fourth-order valence-corrected chi connectivity index (χ4v) is 3.53. The fraction of sp³-hybridized carbons (Fsp3) is 0.800. The van der Waals surface area contributed by atoms with E-state index in [0.29, 0.717) is 12.3 Å². The van der Waals surface area contributed by atoms with Crippen LogP contribution in [0.5, 0.6) is 0 Å². The monoisotopic (exact) mass is 284 g/mol. The van der Waals surface area contributed by atoms with E-state index in [1.165, 1.54) is 32.1 Å². The summed E-state index contributed by atoms with van der Waals surface area (Å²) >= 11 is 6.32. The van der Waals surface area contributed by atoms with Crippen LogP contribution in [0.3, 0.4) is 0 Å². The van der Waals surface area contributed by atoms with E-state index in [9.17, 15) is 5.11 Å². The van der Waals surface area contributed by atoms with Crippen molar-refractivity contribution in [3.63, 3.8) is 0 Å². The molecule has 1 heterocycles. The highest BCUT2D eigenvalue weighted by Gasteiger charge is 2.21. The first kappa shape index (κ1) is 14.9. The molecule has 0 aromatic carbocycles. The molecule has 1 aliphatic rings. The van der Waals surface area contributed by atoms with Gasteiger partial charge >= 0.3 is 0 Å². The average Bonchev–Trinajstić information content (AvgIpc) is 2.67. The van der Waals surface area contributed by atoms with Gasteiger partial charge in [0.1, 0.15) is 0 Å². The van der Waals surface area contributed by atoms with E-state index in [1.54, 1.807) is 0 Å². The minimum Gasteiger partial charge on any atom is -0.393 e. The molecule has 2 rings (SSSR count). The first-order valence-corrected chi connectivity index (χ1v) is 7.88. The molecule has 0 bridgehead atoms. The molecule has 0 aliphatic heterocycles. The first-order valence-electron chi connectivity index (χ1n) is 7.50. The Balaban J connectivity index is 1.94. The summed E-state index contributed by atoms with van der Waals surface area (Å²) in [5.41, 5.74) is 1.91. The third kappa shape index (κ3) is 3.73. The molecule has 1 aromatic rings. The summed E-state index contributed by atoms with van der Waals surface area (Å²) in [6, 6.07) is 0. The van der Waals surface area contributed by atoms with Crippen molar-refractivity contribution >= 4 is 11.6 Å². The van der Waals surface area contributed by atoms with Crippen molar-refractivity contribution in [2.24, 2.45) is 13.0 Å². The molecule has 0 radical (unpaired) electrons. The Hall–Kier alpha value is -0.540. The number of aryl methyl sites for hydroxylation is 2. The number of aliphatic hydroxyl groups is 1. The van der Waals surface area contributed by atoms with Gasteiger partial charge in [-0.15, -0.1) is 0 Å². The van der Waals surface area contributed by atoms with E-state index >= 15 is 0 Å². The van der Waals surface area contributed by atoms with Crippen molar-refractivity contribution in [2.75, 3.05) is 0 Å². The van der Waals surface area contributed by atoms with Gasteiger partial charge < -0.3 is 5.11 Å². The summed E-state index contributed by atoms with van der Waals surface area (Å²) in [5, 5.41) is 15.4. The molecule has 1 aromatic heterocycles. The van der Waals surface area contributed by atoms with Crippen LogP contribution in [-0.4, -0.2) is 21.0 Å². The van der Waals surface area contributed by atoms with Crippen LogP contribution in [0.4, 0.5) is 0 Å². The molecule has 1 atom stereocenters. The van der Waals surface area contributed by atoms with Crippen LogP contribution in [0.1, 0.15) is 56.8 Å². The third-order valence-corrected chi connectivity index (χ3v) is 4.70. The van der Waals surface area contributed by atoms with Gasteiger partial charge in [0.2, 0.25) is 0 Å². The SMILES string of the molecule is CCc1nn(C)c(CC(O)CC2CCCCC2)c1Cl. The molecule has 1 aliphatic carbocycles. The third-order valence-electron chi connectivity index (χ3n) is 4.26. The maximum absolute atomic E-state index is 10.3. The highest BCUT2D eigenvalue weighted by molar-refractivity contribution is 6.31. The lowest BCUT2D eigenvalue weighted by molar-refractivity contribution is 0.128. The van der Waals surface area contributed by atoms with Crippen LogP contribution in [-0.2, 0) is 19.9 Å². The van der Waals surface area contributed by atoms with E-state index in [4.69, 9.17) is 11.6 Å². The van der Waals surface area contributed by atoms with Gasteiger partial charge in [0.05, 0.1) is 22.5 Å². The normalized spacial score (nSPS) is 18.7. The highest BCUT2D eigenvalue weighted by atomic mass is 35.5. The molecule has 0 saturated heterocycles. The van der Waals surface area contributed by atoms with Gasteiger partial charge in [-0.3, -0.25) is 4.68 Å². The molecular formula is C15H25ClN2O. The summed E-state index contributed by atoms with van der Waals surface area (Å²) in [7, 11) is 1.91. The van der Waals surface area contributed by atoms with Gasteiger partial charge in [0, 0.05) is 13.5 Å². The quantitative estimate of drug-likeness (QED) is 0.898. The largest absolute Gasteiger partial charge is 0.393 e. The molecule has 3 nitrogen and oxygen atoms in total. The van der Waals surface area contributed by atoms with Gasteiger partial charge in [-0.05, 0) is 18.8 Å². The van der Waals surface area contributed by atoms with E-state index in [1.807, 2.05) is 11.7 Å². The lowest BCUT2D eigenvalue weighted by Gasteiger charge is -2.24. The lowest BCUT2D eigenvalue weighted by atomic mass is 9.85. The zero-order valence-electron chi connectivity index (χ0n) is 12.0. The second-order valence-corrected chi connectivity index (χ2v) is 6.16. The molecule has 1 fully saturated rings. The maximum Gasteiger partial charge on any atom is 0.0850 e. The Morgan fingerprint density at radius 1 is 1.37 bits per heavy atom. The number of nitrogens with zero attached hydrogens (tertiary/aromatic N) is 2. The number of rotatable bonds is 5. The molecule has 0 amide bonds. The number of halogens is 1. The summed E-state index contributed by atoms with van der Waals surface area (Å²) in [6.45, 7) is 2.05. The lowest BCUT2D eigenvalue weighted by Crippen LogP contribution is -2.19. The van der Waals surface area contributed by atoms with Crippen LogP contribution in [0.2, 0.25) is 5.02 Å². The van der Waals surface area contributed by atoms with E-state index < -0.39 is 0 Å². The minimum atomic E-state index is -0.291. The number of aromatic nitrogens is 2. The molecule has 19 heavy (non-hydrogen) atoms. The summed E-state index contributed by atoms with van der Waals surface area (Å²) in [6.07, 6.45) is 8.63. The number of aliphatic hydroxyl groups excluding tert-OH is 1. The second-order valence-electron chi connectivity index (χ2n) is 5.78. The fourth-order valence-electron chi connectivity index (χ4n) is 3.16. The molecule has 108 valence electrons. The van der Waals surface area contributed by atoms with E-state index in [-0.39, 0.29) is 6.10 Å². The maximum atomic E-state index is 10.3. The Kier molecular flexibility index (Phi) is 5.28. The predicted octanol–water partition coefficient (Wildman–Crippen LogP) is 3.51. The van der Waals surface area contributed by atoms with E-state index in [0.717, 1.165) is 29.3 Å². The summed E-state index contributed by atoms with van der Waals surface area (Å²) in [5.74, 6) is 0.696. The zero-order valence-corrected chi connectivity index (χ0v) is 12.8. The molecular weight excluding hydrogens is 260 g/mol. The van der Waals surface area contributed by atoms with Crippen LogP contribution < -0.4 is 0 Å². The van der Waals surface area contributed by atoms with Crippen molar-refractivity contribution in [1.82, 2.24) is 9.78 Å².